The highest BCUT2D eigenvalue weighted by atomic mass is 19.2. The van der Waals surface area contributed by atoms with Gasteiger partial charge in [0.1, 0.15) is 12.3 Å². The molecule has 1 saturated carbocycles. The number of nitrogens with one attached hydrogen (secondary N) is 1. The molecule has 2 rings (SSSR count). The molecule has 18 heavy (non-hydrogen) atoms. The fourth-order valence-corrected chi connectivity index (χ4v) is 2.95. The van der Waals surface area contributed by atoms with Crippen LogP contribution < -0.4 is 5.32 Å². The molecular formula is C11H21BF2N2O2. The number of hydrogen-bond donors (Lipinski definition) is 3. The minimum atomic E-state index is -1.34. The van der Waals surface area contributed by atoms with Gasteiger partial charge in [0.2, 0.25) is 0 Å². The molecule has 1 aliphatic carbocycles. The molecule has 0 amide bonds. The third-order valence-electron chi connectivity index (χ3n) is 3.99. The van der Waals surface area contributed by atoms with Gasteiger partial charge < -0.3 is 10.0 Å². The van der Waals surface area contributed by atoms with Gasteiger partial charge >= 0.3 is 7.12 Å². The van der Waals surface area contributed by atoms with Crippen molar-refractivity contribution in [3.8, 4) is 0 Å². The first-order chi connectivity index (χ1) is 8.58. The van der Waals surface area contributed by atoms with Crippen LogP contribution in [0.2, 0.25) is 6.32 Å². The van der Waals surface area contributed by atoms with Crippen molar-refractivity contribution in [1.82, 2.24) is 10.2 Å². The van der Waals surface area contributed by atoms with Crippen molar-refractivity contribution in [2.75, 3.05) is 13.2 Å². The second kappa shape index (κ2) is 6.28. The fraction of sp³-hybridized carbons (Fsp3) is 1.00. The van der Waals surface area contributed by atoms with Crippen LogP contribution in [0, 0.1) is 0 Å². The molecule has 7 heteroatoms. The average Bonchev–Trinajstić information content (AvgIpc) is 2.68. The predicted octanol–water partition coefficient (Wildman–Crippen LogP) is 0.309. The number of alkyl halides is 2. The van der Waals surface area contributed by atoms with Crippen LogP contribution in [0.1, 0.15) is 25.7 Å². The summed E-state index contributed by atoms with van der Waals surface area (Å²) in [6.45, 7) is 1.47. The van der Waals surface area contributed by atoms with Crippen molar-refractivity contribution < 1.29 is 18.8 Å². The Hall–Kier alpha value is -0.235. The van der Waals surface area contributed by atoms with E-state index in [2.05, 4.69) is 10.2 Å². The summed E-state index contributed by atoms with van der Waals surface area (Å²) < 4.78 is 26.6. The van der Waals surface area contributed by atoms with Crippen LogP contribution in [0.4, 0.5) is 8.78 Å². The number of halogens is 2. The molecular weight excluding hydrogens is 241 g/mol. The summed E-state index contributed by atoms with van der Waals surface area (Å²) in [4.78, 5) is 2.15. The number of nitrogens with zero attached hydrogens (tertiary/aromatic N) is 1. The van der Waals surface area contributed by atoms with Crippen molar-refractivity contribution in [1.29, 1.82) is 0 Å². The summed E-state index contributed by atoms with van der Waals surface area (Å²) >= 11 is 0. The standard InChI is InChI=1S/C11H21BF2N2O2/c13-8-5-10-11(6-9(8)14)16(7-15-10)4-2-1-3-12(17)18/h8-11,15,17-18H,1-7H2. The molecule has 4 unspecified atom stereocenters. The molecule has 0 aromatic rings. The summed E-state index contributed by atoms with van der Waals surface area (Å²) in [6, 6.07) is 0.154. The summed E-state index contributed by atoms with van der Waals surface area (Å²) in [7, 11) is -1.24. The predicted molar refractivity (Wildman–Crippen MR) is 65.5 cm³/mol. The zero-order valence-corrected chi connectivity index (χ0v) is 10.4. The van der Waals surface area contributed by atoms with E-state index in [1.54, 1.807) is 0 Å². The highest BCUT2D eigenvalue weighted by molar-refractivity contribution is 6.40. The smallest absolute Gasteiger partial charge is 0.427 e. The summed E-state index contributed by atoms with van der Waals surface area (Å²) in [5.74, 6) is 0. The van der Waals surface area contributed by atoms with E-state index in [0.29, 0.717) is 13.0 Å². The minimum absolute atomic E-state index is 0.0652. The lowest BCUT2D eigenvalue weighted by Crippen LogP contribution is -2.47. The third-order valence-corrected chi connectivity index (χ3v) is 3.99. The monoisotopic (exact) mass is 262 g/mol. The Morgan fingerprint density at radius 1 is 1.17 bits per heavy atom. The quantitative estimate of drug-likeness (QED) is 0.493. The molecule has 1 aliphatic heterocycles. The molecule has 3 N–H and O–H groups in total. The second-order valence-electron chi connectivity index (χ2n) is 5.33. The highest BCUT2D eigenvalue weighted by Gasteiger charge is 2.43. The van der Waals surface area contributed by atoms with Gasteiger partial charge in [-0.25, -0.2) is 8.78 Å². The number of fused-ring (bicyclic) bond motifs is 1. The Morgan fingerprint density at radius 3 is 2.61 bits per heavy atom. The number of rotatable bonds is 5. The maximum absolute atomic E-state index is 13.4. The lowest BCUT2D eigenvalue weighted by atomic mass is 9.83. The van der Waals surface area contributed by atoms with Gasteiger partial charge in [-0.05, 0) is 32.1 Å². The van der Waals surface area contributed by atoms with Gasteiger partial charge in [0, 0.05) is 18.8 Å². The van der Waals surface area contributed by atoms with Crippen LogP contribution >= 0.6 is 0 Å². The maximum atomic E-state index is 13.4. The molecule has 4 nitrogen and oxygen atoms in total. The van der Waals surface area contributed by atoms with E-state index in [0.717, 1.165) is 19.4 Å². The minimum Gasteiger partial charge on any atom is -0.427 e. The fourth-order valence-electron chi connectivity index (χ4n) is 2.95. The second-order valence-corrected chi connectivity index (χ2v) is 5.33. The largest absolute Gasteiger partial charge is 0.451 e. The van der Waals surface area contributed by atoms with Crippen molar-refractivity contribution in [3.63, 3.8) is 0 Å². The van der Waals surface area contributed by atoms with Crippen molar-refractivity contribution in [3.05, 3.63) is 0 Å². The Morgan fingerprint density at radius 2 is 1.89 bits per heavy atom. The van der Waals surface area contributed by atoms with Crippen molar-refractivity contribution in [2.24, 2.45) is 0 Å². The Bertz CT molecular complexity index is 273. The normalized spacial score (nSPS) is 36.7. The van der Waals surface area contributed by atoms with Crippen LogP contribution in [0.25, 0.3) is 0 Å². The molecule has 1 saturated heterocycles. The van der Waals surface area contributed by atoms with Crippen molar-refractivity contribution >= 4 is 7.12 Å². The van der Waals surface area contributed by atoms with Crippen LogP contribution in [0.3, 0.4) is 0 Å². The maximum Gasteiger partial charge on any atom is 0.451 e. The molecule has 2 fully saturated rings. The van der Waals surface area contributed by atoms with Crippen LogP contribution in [-0.4, -0.2) is 59.7 Å². The third kappa shape index (κ3) is 3.41. The van der Waals surface area contributed by atoms with E-state index >= 15 is 0 Å². The van der Waals surface area contributed by atoms with Gasteiger partial charge in [-0.3, -0.25) is 10.2 Å². The van der Waals surface area contributed by atoms with E-state index in [-0.39, 0.29) is 24.9 Å². The van der Waals surface area contributed by atoms with Gasteiger partial charge in [0.25, 0.3) is 0 Å². The van der Waals surface area contributed by atoms with E-state index < -0.39 is 19.5 Å². The van der Waals surface area contributed by atoms with Gasteiger partial charge in [-0.2, -0.15) is 0 Å². The van der Waals surface area contributed by atoms with Crippen molar-refractivity contribution in [2.45, 2.75) is 56.4 Å². The lowest BCUT2D eigenvalue weighted by molar-refractivity contribution is 0.0674. The first-order valence-electron chi connectivity index (χ1n) is 6.69. The molecule has 4 atom stereocenters. The molecule has 104 valence electrons. The number of unbranched alkanes of at least 4 members (excludes halogenated alkanes) is 1. The molecule has 0 radical (unpaired) electrons. The van der Waals surface area contributed by atoms with Gasteiger partial charge in [0.15, 0.2) is 0 Å². The van der Waals surface area contributed by atoms with Gasteiger partial charge in [-0.1, -0.05) is 6.42 Å². The highest BCUT2D eigenvalue weighted by Crippen LogP contribution is 2.31. The van der Waals surface area contributed by atoms with Crippen LogP contribution in [0.5, 0.6) is 0 Å². The van der Waals surface area contributed by atoms with Gasteiger partial charge in [0.05, 0.1) is 0 Å². The molecule has 0 aromatic carbocycles. The topological polar surface area (TPSA) is 55.7 Å². The molecule has 1 heterocycles. The van der Waals surface area contributed by atoms with E-state index in [4.69, 9.17) is 10.0 Å². The summed E-state index contributed by atoms with van der Waals surface area (Å²) in [6.07, 6.45) is -0.196. The molecule has 0 aromatic heterocycles. The van der Waals surface area contributed by atoms with E-state index in [1.165, 1.54) is 0 Å². The van der Waals surface area contributed by atoms with Crippen LogP contribution in [0.15, 0.2) is 0 Å². The molecule has 0 spiro atoms. The zero-order valence-electron chi connectivity index (χ0n) is 10.4. The molecule has 2 aliphatic rings. The Kier molecular flexibility index (Phi) is 4.94. The van der Waals surface area contributed by atoms with E-state index in [9.17, 15) is 8.78 Å². The van der Waals surface area contributed by atoms with Gasteiger partial charge in [-0.15, -0.1) is 0 Å². The summed E-state index contributed by atoms with van der Waals surface area (Å²) in [5, 5.41) is 20.7. The summed E-state index contributed by atoms with van der Waals surface area (Å²) in [5.41, 5.74) is 0. The first-order valence-corrected chi connectivity index (χ1v) is 6.69. The lowest BCUT2D eigenvalue weighted by Gasteiger charge is -2.34. The Balaban J connectivity index is 1.74. The first kappa shape index (κ1) is 14.2. The van der Waals surface area contributed by atoms with Crippen LogP contribution in [-0.2, 0) is 0 Å². The molecule has 0 bridgehead atoms. The SMILES string of the molecule is OB(O)CCCCN1CNC2CC(F)C(F)CC21. The average molecular weight is 262 g/mol. The Labute approximate surface area is 106 Å². The van der Waals surface area contributed by atoms with E-state index in [1.807, 2.05) is 0 Å². The zero-order chi connectivity index (χ0) is 13.1. The number of hydrogen-bond acceptors (Lipinski definition) is 4.